The van der Waals surface area contributed by atoms with Gasteiger partial charge in [0.2, 0.25) is 5.82 Å². The number of rotatable bonds is 6. The Balaban J connectivity index is 1.63. The molecule has 0 bridgehead atoms. The number of fused-ring (bicyclic) bond motifs is 2. The van der Waals surface area contributed by atoms with Gasteiger partial charge in [-0.15, -0.1) is 0 Å². The van der Waals surface area contributed by atoms with Crippen LogP contribution in [0.15, 0.2) is 98.2 Å². The Hall–Kier alpha value is -3.68. The van der Waals surface area contributed by atoms with Crippen LogP contribution in [0.2, 0.25) is 5.02 Å². The summed E-state index contributed by atoms with van der Waals surface area (Å²) in [5.41, 5.74) is 1.62. The lowest BCUT2D eigenvalue weighted by Crippen LogP contribution is -2.20. The SMILES string of the molecule is C=CCOc1ccc(C=Nn2c(-c3cc4cc(Br)ccc4o3)nc3ccccc3c2=O)cc1Cl. The first-order valence-electron chi connectivity index (χ1n) is 10.3. The number of furan rings is 1. The van der Waals surface area contributed by atoms with Crippen LogP contribution in [-0.2, 0) is 0 Å². The molecule has 8 heteroatoms. The summed E-state index contributed by atoms with van der Waals surface area (Å²) in [6.45, 7) is 3.98. The molecule has 5 rings (SSSR count). The molecule has 0 fully saturated rings. The molecule has 6 nitrogen and oxygen atoms in total. The number of halogens is 2. The lowest BCUT2D eigenvalue weighted by atomic mass is 10.2. The minimum atomic E-state index is -0.310. The summed E-state index contributed by atoms with van der Waals surface area (Å²) in [5, 5.41) is 6.21. The zero-order valence-electron chi connectivity index (χ0n) is 17.7. The average Bonchev–Trinajstić information content (AvgIpc) is 3.26. The maximum atomic E-state index is 13.4. The summed E-state index contributed by atoms with van der Waals surface area (Å²) in [5.74, 6) is 1.26. The van der Waals surface area contributed by atoms with Gasteiger partial charge in [-0.2, -0.15) is 9.78 Å². The molecule has 0 unspecified atom stereocenters. The predicted octanol–water partition coefficient (Wildman–Crippen LogP) is 6.67. The Bertz CT molecular complexity index is 1640. The fourth-order valence-corrected chi connectivity index (χ4v) is 4.12. The Morgan fingerprint density at radius 3 is 2.82 bits per heavy atom. The number of aromatic nitrogens is 2. The molecule has 0 N–H and O–H groups in total. The van der Waals surface area contributed by atoms with Crippen molar-refractivity contribution in [1.82, 2.24) is 9.66 Å². The van der Waals surface area contributed by atoms with E-state index in [1.165, 1.54) is 4.68 Å². The quantitative estimate of drug-likeness (QED) is 0.180. The Morgan fingerprint density at radius 2 is 2.00 bits per heavy atom. The van der Waals surface area contributed by atoms with Crippen molar-refractivity contribution >= 4 is 55.6 Å². The highest BCUT2D eigenvalue weighted by Crippen LogP contribution is 2.29. The number of nitrogens with zero attached hydrogens (tertiary/aromatic N) is 3. The number of hydrogen-bond donors (Lipinski definition) is 0. The topological polar surface area (TPSA) is 69.6 Å². The van der Waals surface area contributed by atoms with E-state index < -0.39 is 0 Å². The van der Waals surface area contributed by atoms with Gasteiger partial charge >= 0.3 is 0 Å². The van der Waals surface area contributed by atoms with E-state index in [0.717, 1.165) is 9.86 Å². The largest absolute Gasteiger partial charge is 0.488 e. The molecule has 0 radical (unpaired) electrons. The van der Waals surface area contributed by atoms with Crippen LogP contribution in [0.4, 0.5) is 0 Å². The number of benzene rings is 3. The second-order valence-electron chi connectivity index (χ2n) is 7.40. The highest BCUT2D eigenvalue weighted by Gasteiger charge is 2.16. The van der Waals surface area contributed by atoms with Crippen molar-refractivity contribution in [3.05, 3.63) is 105 Å². The maximum Gasteiger partial charge on any atom is 0.282 e. The minimum Gasteiger partial charge on any atom is -0.488 e. The lowest BCUT2D eigenvalue weighted by molar-refractivity contribution is 0.363. The molecule has 0 aliphatic carbocycles. The van der Waals surface area contributed by atoms with Gasteiger partial charge in [-0.1, -0.05) is 52.3 Å². The Labute approximate surface area is 207 Å². The van der Waals surface area contributed by atoms with E-state index in [2.05, 4.69) is 32.6 Å². The van der Waals surface area contributed by atoms with E-state index in [-0.39, 0.29) is 5.56 Å². The molecular weight excluding hydrogens is 518 g/mol. The third-order valence-electron chi connectivity index (χ3n) is 5.09. The van der Waals surface area contributed by atoms with Gasteiger partial charge in [0.15, 0.2) is 5.76 Å². The highest BCUT2D eigenvalue weighted by atomic mass is 79.9. The molecule has 0 aliphatic rings. The zero-order chi connectivity index (χ0) is 23.7. The van der Waals surface area contributed by atoms with Crippen LogP contribution >= 0.6 is 27.5 Å². The molecule has 0 saturated carbocycles. The minimum absolute atomic E-state index is 0.296. The molecule has 168 valence electrons. The molecular formula is C26H17BrClN3O3. The molecule has 2 heterocycles. The van der Waals surface area contributed by atoms with E-state index in [1.807, 2.05) is 30.3 Å². The molecule has 0 atom stereocenters. The van der Waals surface area contributed by atoms with Crippen LogP contribution in [0.3, 0.4) is 0 Å². The average molecular weight is 535 g/mol. The van der Waals surface area contributed by atoms with Gasteiger partial charge in [-0.05, 0) is 60.2 Å². The molecule has 2 aromatic heterocycles. The zero-order valence-corrected chi connectivity index (χ0v) is 20.1. The van der Waals surface area contributed by atoms with Crippen LogP contribution in [0.5, 0.6) is 5.75 Å². The molecule has 3 aromatic carbocycles. The molecule has 5 aromatic rings. The third kappa shape index (κ3) is 4.27. The fraction of sp³-hybridized carbons (Fsp3) is 0.0385. The first-order chi connectivity index (χ1) is 16.5. The summed E-state index contributed by atoms with van der Waals surface area (Å²) in [4.78, 5) is 18.0. The highest BCUT2D eigenvalue weighted by molar-refractivity contribution is 9.10. The molecule has 0 amide bonds. The molecule has 0 saturated heterocycles. The van der Waals surface area contributed by atoms with Crippen LogP contribution in [0, 0.1) is 0 Å². The fourth-order valence-electron chi connectivity index (χ4n) is 3.50. The standard InChI is InChI=1S/C26H17BrClN3O3/c1-2-11-33-23-9-7-16(12-20(23)28)15-29-31-25(30-21-6-4-3-5-19(21)26(31)32)24-14-17-13-18(27)8-10-22(17)34-24/h2-10,12-15H,1,11H2. The summed E-state index contributed by atoms with van der Waals surface area (Å²) in [6.07, 6.45) is 3.19. The van der Waals surface area contributed by atoms with Gasteiger partial charge in [0.25, 0.3) is 5.56 Å². The van der Waals surface area contributed by atoms with Gasteiger partial charge in [0, 0.05) is 9.86 Å². The van der Waals surface area contributed by atoms with Crippen LogP contribution in [0.25, 0.3) is 33.5 Å². The van der Waals surface area contributed by atoms with Crippen molar-refractivity contribution in [1.29, 1.82) is 0 Å². The van der Waals surface area contributed by atoms with Gasteiger partial charge in [0.1, 0.15) is 17.9 Å². The molecule has 0 spiro atoms. The Kier molecular flexibility index (Phi) is 6.04. The first kappa shape index (κ1) is 22.1. The second kappa shape index (κ2) is 9.29. The molecule has 0 aliphatic heterocycles. The van der Waals surface area contributed by atoms with Gasteiger partial charge in [0.05, 0.1) is 22.1 Å². The Morgan fingerprint density at radius 1 is 1.15 bits per heavy atom. The summed E-state index contributed by atoms with van der Waals surface area (Å²) in [7, 11) is 0. The van der Waals surface area contributed by atoms with Crippen molar-refractivity contribution < 1.29 is 9.15 Å². The van der Waals surface area contributed by atoms with Gasteiger partial charge < -0.3 is 9.15 Å². The summed E-state index contributed by atoms with van der Waals surface area (Å²) < 4.78 is 13.7. The summed E-state index contributed by atoms with van der Waals surface area (Å²) >= 11 is 9.79. The van der Waals surface area contributed by atoms with Crippen LogP contribution in [-0.4, -0.2) is 22.5 Å². The van der Waals surface area contributed by atoms with Crippen molar-refractivity contribution in [2.45, 2.75) is 0 Å². The van der Waals surface area contributed by atoms with E-state index in [1.54, 1.807) is 48.7 Å². The molecule has 34 heavy (non-hydrogen) atoms. The number of ether oxygens (including phenoxy) is 1. The normalized spacial score (nSPS) is 11.5. The summed E-state index contributed by atoms with van der Waals surface area (Å²) in [6, 6.07) is 19.9. The van der Waals surface area contributed by atoms with Gasteiger partial charge in [-0.25, -0.2) is 4.98 Å². The van der Waals surface area contributed by atoms with Crippen molar-refractivity contribution in [3.63, 3.8) is 0 Å². The number of hydrogen-bond acceptors (Lipinski definition) is 5. The third-order valence-corrected chi connectivity index (χ3v) is 5.88. The predicted molar refractivity (Wildman–Crippen MR) is 139 cm³/mol. The van der Waals surface area contributed by atoms with Crippen molar-refractivity contribution in [2.75, 3.05) is 6.61 Å². The van der Waals surface area contributed by atoms with Crippen molar-refractivity contribution in [3.8, 4) is 17.3 Å². The first-order valence-corrected chi connectivity index (χ1v) is 11.5. The maximum absolute atomic E-state index is 13.4. The van der Waals surface area contributed by atoms with E-state index in [0.29, 0.717) is 51.0 Å². The van der Waals surface area contributed by atoms with E-state index in [4.69, 9.17) is 20.8 Å². The van der Waals surface area contributed by atoms with Crippen molar-refractivity contribution in [2.24, 2.45) is 5.10 Å². The van der Waals surface area contributed by atoms with E-state index in [9.17, 15) is 4.79 Å². The smallest absolute Gasteiger partial charge is 0.282 e. The lowest BCUT2D eigenvalue weighted by Gasteiger charge is -2.08. The second-order valence-corrected chi connectivity index (χ2v) is 8.72. The van der Waals surface area contributed by atoms with Gasteiger partial charge in [-0.3, -0.25) is 4.79 Å². The van der Waals surface area contributed by atoms with Crippen LogP contribution < -0.4 is 10.3 Å². The van der Waals surface area contributed by atoms with Crippen LogP contribution in [0.1, 0.15) is 5.56 Å². The van der Waals surface area contributed by atoms with E-state index >= 15 is 0 Å². The monoisotopic (exact) mass is 533 g/mol. The number of para-hydroxylation sites is 1.